The standard InChI is InChI=1S/C14H21N5O/c1-10-6-9-19(16-10)8-5-7-15-14(20)13-11(2)17-18(4)12(13)3/h6,9H,5,7-8H2,1-4H3,(H,15,20). The van der Waals surface area contributed by atoms with E-state index in [4.69, 9.17) is 0 Å². The van der Waals surface area contributed by atoms with Crippen LogP contribution in [0.1, 0.15) is 33.9 Å². The highest BCUT2D eigenvalue weighted by Gasteiger charge is 2.16. The molecule has 6 heteroatoms. The van der Waals surface area contributed by atoms with E-state index in [2.05, 4.69) is 15.5 Å². The maximum Gasteiger partial charge on any atom is 0.255 e. The van der Waals surface area contributed by atoms with Gasteiger partial charge in [0.2, 0.25) is 0 Å². The first kappa shape index (κ1) is 14.3. The number of amides is 1. The molecule has 0 atom stereocenters. The summed E-state index contributed by atoms with van der Waals surface area (Å²) < 4.78 is 3.62. The van der Waals surface area contributed by atoms with E-state index >= 15 is 0 Å². The number of hydrogen-bond donors (Lipinski definition) is 1. The van der Waals surface area contributed by atoms with Gasteiger partial charge < -0.3 is 5.32 Å². The van der Waals surface area contributed by atoms with Crippen LogP contribution in [0.15, 0.2) is 12.3 Å². The fourth-order valence-electron chi connectivity index (χ4n) is 2.22. The lowest BCUT2D eigenvalue weighted by atomic mass is 10.2. The van der Waals surface area contributed by atoms with Gasteiger partial charge in [-0.05, 0) is 33.3 Å². The van der Waals surface area contributed by atoms with Gasteiger partial charge in [-0.1, -0.05) is 0 Å². The van der Waals surface area contributed by atoms with Crippen LogP contribution in [0.25, 0.3) is 0 Å². The van der Waals surface area contributed by atoms with E-state index < -0.39 is 0 Å². The lowest BCUT2D eigenvalue weighted by molar-refractivity contribution is 0.0951. The molecular formula is C14H21N5O. The van der Waals surface area contributed by atoms with E-state index in [1.165, 1.54) is 0 Å². The van der Waals surface area contributed by atoms with E-state index in [0.717, 1.165) is 30.0 Å². The Hall–Kier alpha value is -2.11. The van der Waals surface area contributed by atoms with Crippen molar-refractivity contribution in [2.24, 2.45) is 7.05 Å². The van der Waals surface area contributed by atoms with E-state index in [9.17, 15) is 4.79 Å². The predicted octanol–water partition coefficient (Wildman–Crippen LogP) is 1.36. The topological polar surface area (TPSA) is 64.7 Å². The molecule has 1 N–H and O–H groups in total. The Labute approximate surface area is 118 Å². The Morgan fingerprint density at radius 3 is 2.60 bits per heavy atom. The number of aromatic nitrogens is 4. The number of rotatable bonds is 5. The van der Waals surface area contributed by atoms with Gasteiger partial charge in [0.15, 0.2) is 0 Å². The summed E-state index contributed by atoms with van der Waals surface area (Å²) in [7, 11) is 1.85. The van der Waals surface area contributed by atoms with Crippen molar-refractivity contribution in [1.29, 1.82) is 0 Å². The van der Waals surface area contributed by atoms with Crippen LogP contribution in [0.5, 0.6) is 0 Å². The molecule has 2 heterocycles. The minimum atomic E-state index is -0.0512. The third-order valence-electron chi connectivity index (χ3n) is 3.36. The zero-order valence-electron chi connectivity index (χ0n) is 12.5. The van der Waals surface area contributed by atoms with Crippen molar-refractivity contribution in [3.05, 3.63) is 34.9 Å². The SMILES string of the molecule is Cc1ccn(CCCNC(=O)c2c(C)nn(C)c2C)n1. The average Bonchev–Trinajstić information content (AvgIpc) is 2.90. The molecule has 0 unspecified atom stereocenters. The zero-order valence-corrected chi connectivity index (χ0v) is 12.5. The Kier molecular flexibility index (Phi) is 4.22. The van der Waals surface area contributed by atoms with Crippen LogP contribution in [0, 0.1) is 20.8 Å². The highest BCUT2D eigenvalue weighted by molar-refractivity contribution is 5.96. The summed E-state index contributed by atoms with van der Waals surface area (Å²) in [6.45, 7) is 7.16. The molecule has 0 aliphatic rings. The van der Waals surface area contributed by atoms with Gasteiger partial charge in [-0.15, -0.1) is 0 Å². The molecule has 20 heavy (non-hydrogen) atoms. The molecule has 0 saturated heterocycles. The van der Waals surface area contributed by atoms with Crippen LogP contribution >= 0.6 is 0 Å². The van der Waals surface area contributed by atoms with Crippen LogP contribution in [0.4, 0.5) is 0 Å². The smallest absolute Gasteiger partial charge is 0.255 e. The summed E-state index contributed by atoms with van der Waals surface area (Å²) in [6, 6.07) is 1.97. The summed E-state index contributed by atoms with van der Waals surface area (Å²) in [5, 5.41) is 11.5. The number of hydrogen-bond acceptors (Lipinski definition) is 3. The second-order valence-corrected chi connectivity index (χ2v) is 5.00. The second-order valence-electron chi connectivity index (χ2n) is 5.00. The van der Waals surface area contributed by atoms with Crippen LogP contribution in [0.3, 0.4) is 0 Å². The van der Waals surface area contributed by atoms with E-state index in [-0.39, 0.29) is 5.91 Å². The monoisotopic (exact) mass is 275 g/mol. The summed E-state index contributed by atoms with van der Waals surface area (Å²) in [6.07, 6.45) is 2.80. The van der Waals surface area contributed by atoms with Crippen molar-refractivity contribution in [3.8, 4) is 0 Å². The Morgan fingerprint density at radius 1 is 1.30 bits per heavy atom. The Balaban J connectivity index is 1.83. The van der Waals surface area contributed by atoms with E-state index in [1.807, 2.05) is 44.8 Å². The van der Waals surface area contributed by atoms with Gasteiger partial charge in [0, 0.05) is 32.0 Å². The average molecular weight is 275 g/mol. The molecule has 0 fully saturated rings. The van der Waals surface area contributed by atoms with Crippen molar-refractivity contribution in [2.45, 2.75) is 33.7 Å². The van der Waals surface area contributed by atoms with Crippen LogP contribution < -0.4 is 5.32 Å². The molecule has 0 radical (unpaired) electrons. The molecule has 0 bridgehead atoms. The fourth-order valence-corrected chi connectivity index (χ4v) is 2.22. The van der Waals surface area contributed by atoms with Crippen LogP contribution in [-0.2, 0) is 13.6 Å². The molecule has 6 nitrogen and oxygen atoms in total. The molecule has 1 amide bonds. The van der Waals surface area contributed by atoms with E-state index in [0.29, 0.717) is 12.1 Å². The first-order chi connectivity index (χ1) is 9.49. The van der Waals surface area contributed by atoms with Gasteiger partial charge in [-0.2, -0.15) is 10.2 Å². The molecule has 0 aliphatic carbocycles. The molecule has 0 aliphatic heterocycles. The zero-order chi connectivity index (χ0) is 14.7. The molecule has 0 aromatic carbocycles. The van der Waals surface area contributed by atoms with Gasteiger partial charge in [0.05, 0.1) is 17.0 Å². The van der Waals surface area contributed by atoms with Crippen molar-refractivity contribution >= 4 is 5.91 Å². The van der Waals surface area contributed by atoms with Gasteiger partial charge >= 0.3 is 0 Å². The third-order valence-corrected chi connectivity index (χ3v) is 3.36. The minimum Gasteiger partial charge on any atom is -0.352 e. The highest BCUT2D eigenvalue weighted by Crippen LogP contribution is 2.11. The second kappa shape index (κ2) is 5.90. The molecule has 0 spiro atoms. The maximum atomic E-state index is 12.1. The quantitative estimate of drug-likeness (QED) is 0.838. The lowest BCUT2D eigenvalue weighted by Crippen LogP contribution is -2.26. The Bertz CT molecular complexity index is 611. The molecule has 2 aromatic rings. The van der Waals surface area contributed by atoms with Gasteiger partial charge in [0.1, 0.15) is 0 Å². The van der Waals surface area contributed by atoms with Gasteiger partial charge in [0.25, 0.3) is 5.91 Å². The Morgan fingerprint density at radius 2 is 2.05 bits per heavy atom. The molecule has 0 saturated carbocycles. The maximum absolute atomic E-state index is 12.1. The third kappa shape index (κ3) is 3.07. The molecule has 108 valence electrons. The van der Waals surface area contributed by atoms with Crippen molar-refractivity contribution < 1.29 is 4.79 Å². The van der Waals surface area contributed by atoms with Crippen LogP contribution in [0.2, 0.25) is 0 Å². The predicted molar refractivity (Wildman–Crippen MR) is 76.6 cm³/mol. The molecule has 2 rings (SSSR count). The largest absolute Gasteiger partial charge is 0.352 e. The number of carbonyl (C=O) groups excluding carboxylic acids is 1. The first-order valence-electron chi connectivity index (χ1n) is 6.77. The first-order valence-corrected chi connectivity index (χ1v) is 6.77. The summed E-state index contributed by atoms with van der Waals surface area (Å²) in [5.74, 6) is -0.0512. The number of nitrogens with zero attached hydrogens (tertiary/aromatic N) is 4. The summed E-state index contributed by atoms with van der Waals surface area (Å²) in [5.41, 5.74) is 3.35. The lowest BCUT2D eigenvalue weighted by Gasteiger charge is -2.06. The van der Waals surface area contributed by atoms with Crippen molar-refractivity contribution in [1.82, 2.24) is 24.9 Å². The number of carbonyl (C=O) groups is 1. The van der Waals surface area contributed by atoms with Crippen molar-refractivity contribution in [2.75, 3.05) is 6.54 Å². The summed E-state index contributed by atoms with van der Waals surface area (Å²) >= 11 is 0. The van der Waals surface area contributed by atoms with Crippen LogP contribution in [-0.4, -0.2) is 32.0 Å². The molecule has 2 aromatic heterocycles. The normalized spacial score (nSPS) is 10.8. The fraction of sp³-hybridized carbons (Fsp3) is 0.500. The number of nitrogens with one attached hydrogen (secondary N) is 1. The number of aryl methyl sites for hydroxylation is 4. The summed E-state index contributed by atoms with van der Waals surface area (Å²) in [4.78, 5) is 12.1. The van der Waals surface area contributed by atoms with E-state index in [1.54, 1.807) is 4.68 Å². The highest BCUT2D eigenvalue weighted by atomic mass is 16.1. The molecular weight excluding hydrogens is 254 g/mol. The van der Waals surface area contributed by atoms with Gasteiger partial charge in [-0.3, -0.25) is 14.2 Å². The van der Waals surface area contributed by atoms with Gasteiger partial charge in [-0.25, -0.2) is 0 Å². The minimum absolute atomic E-state index is 0.0512. The van der Waals surface area contributed by atoms with Crippen molar-refractivity contribution in [3.63, 3.8) is 0 Å².